The number of nitrogens with one attached hydrogen (secondary N) is 1. The Hall–Kier alpha value is -1.16. The Morgan fingerprint density at radius 2 is 2.21 bits per heavy atom. The molecule has 76 valence electrons. The molecule has 1 aromatic rings. The minimum absolute atomic E-state index is 0.0424. The summed E-state index contributed by atoms with van der Waals surface area (Å²) >= 11 is 1.46. The average Bonchev–Trinajstić information content (AvgIpc) is 2.17. The Morgan fingerprint density at radius 3 is 2.86 bits per heavy atom. The van der Waals surface area contributed by atoms with Gasteiger partial charge < -0.3 is 11.1 Å². The van der Waals surface area contributed by atoms with Crippen LogP contribution in [0.25, 0.3) is 0 Å². The molecule has 3 nitrogen and oxygen atoms in total. The van der Waals surface area contributed by atoms with Crippen LogP contribution in [-0.4, -0.2) is 18.2 Å². The summed E-state index contributed by atoms with van der Waals surface area (Å²) in [5, 5.41) is 2.73. The number of benzene rings is 1. The van der Waals surface area contributed by atoms with Crippen molar-refractivity contribution in [2.45, 2.75) is 11.8 Å². The van der Waals surface area contributed by atoms with E-state index in [0.29, 0.717) is 12.3 Å². The Bertz CT molecular complexity index is 315. The average molecular weight is 210 g/mol. The summed E-state index contributed by atoms with van der Waals surface area (Å²) in [6.07, 6.45) is 0. The van der Waals surface area contributed by atoms with Gasteiger partial charge in [0.15, 0.2) is 0 Å². The van der Waals surface area contributed by atoms with Crippen LogP contribution in [0.15, 0.2) is 29.2 Å². The number of hydrogen-bond donors (Lipinski definition) is 2. The molecule has 0 bridgehead atoms. The van der Waals surface area contributed by atoms with E-state index in [-0.39, 0.29) is 5.91 Å². The molecule has 0 saturated carbocycles. The number of carbonyl (C=O) groups is 1. The molecule has 0 aliphatic rings. The molecule has 0 radical (unpaired) electrons. The number of anilines is 1. The molecule has 0 aliphatic heterocycles. The van der Waals surface area contributed by atoms with Gasteiger partial charge in [0.05, 0.1) is 5.75 Å². The first-order chi connectivity index (χ1) is 6.74. The highest BCUT2D eigenvalue weighted by Gasteiger charge is 2.02. The molecule has 0 atom stereocenters. The van der Waals surface area contributed by atoms with Crippen LogP contribution in [0.5, 0.6) is 0 Å². The Morgan fingerprint density at radius 1 is 1.50 bits per heavy atom. The van der Waals surface area contributed by atoms with Crippen molar-refractivity contribution in [2.24, 2.45) is 0 Å². The maximum Gasteiger partial charge on any atom is 0.230 e. The van der Waals surface area contributed by atoms with Crippen LogP contribution < -0.4 is 11.1 Å². The first kappa shape index (κ1) is 10.9. The van der Waals surface area contributed by atoms with E-state index in [1.165, 1.54) is 11.8 Å². The smallest absolute Gasteiger partial charge is 0.230 e. The third kappa shape index (κ3) is 3.30. The summed E-state index contributed by atoms with van der Waals surface area (Å²) in [7, 11) is 0. The van der Waals surface area contributed by atoms with E-state index in [1.807, 2.05) is 31.2 Å². The quantitative estimate of drug-likeness (QED) is 0.585. The van der Waals surface area contributed by atoms with Crippen molar-refractivity contribution in [3.8, 4) is 0 Å². The van der Waals surface area contributed by atoms with Crippen molar-refractivity contribution in [3.05, 3.63) is 24.3 Å². The minimum Gasteiger partial charge on any atom is -0.398 e. The number of carbonyl (C=O) groups excluding carboxylic acids is 1. The SMILES string of the molecule is CCNC(=O)CSc1ccccc1N. The summed E-state index contributed by atoms with van der Waals surface area (Å²) in [6, 6.07) is 7.54. The predicted octanol–water partition coefficient (Wildman–Crippen LogP) is 1.50. The molecule has 1 amide bonds. The molecule has 0 heterocycles. The molecule has 0 fully saturated rings. The van der Waals surface area contributed by atoms with E-state index < -0.39 is 0 Å². The van der Waals surface area contributed by atoms with Crippen molar-refractivity contribution in [3.63, 3.8) is 0 Å². The van der Waals surface area contributed by atoms with Crippen LogP contribution in [-0.2, 0) is 4.79 Å². The summed E-state index contributed by atoms with van der Waals surface area (Å²) in [5.74, 6) is 0.461. The first-order valence-corrected chi connectivity index (χ1v) is 5.46. The highest BCUT2D eigenvalue weighted by atomic mass is 32.2. The highest BCUT2D eigenvalue weighted by Crippen LogP contribution is 2.23. The van der Waals surface area contributed by atoms with Crippen LogP contribution in [0.4, 0.5) is 5.69 Å². The van der Waals surface area contributed by atoms with Crippen molar-refractivity contribution in [1.29, 1.82) is 0 Å². The standard InChI is InChI=1S/C10H14N2OS/c1-2-12-10(13)7-14-9-6-4-3-5-8(9)11/h3-6H,2,7,11H2,1H3,(H,12,13). The first-order valence-electron chi connectivity index (χ1n) is 4.48. The number of hydrogen-bond acceptors (Lipinski definition) is 3. The van der Waals surface area contributed by atoms with Crippen molar-refractivity contribution >= 4 is 23.4 Å². The molecule has 0 spiro atoms. The number of rotatable bonds is 4. The van der Waals surface area contributed by atoms with Crippen molar-refractivity contribution < 1.29 is 4.79 Å². The highest BCUT2D eigenvalue weighted by molar-refractivity contribution is 8.00. The third-order valence-corrected chi connectivity index (χ3v) is 2.74. The fraction of sp³-hybridized carbons (Fsp3) is 0.300. The fourth-order valence-corrected chi connectivity index (χ4v) is 1.80. The number of para-hydroxylation sites is 1. The lowest BCUT2D eigenvalue weighted by Gasteiger charge is -2.04. The second-order valence-electron chi connectivity index (χ2n) is 2.78. The minimum atomic E-state index is 0.0424. The van der Waals surface area contributed by atoms with Gasteiger partial charge in [-0.25, -0.2) is 0 Å². The normalized spacial score (nSPS) is 9.79. The van der Waals surface area contributed by atoms with Gasteiger partial charge in [-0.05, 0) is 19.1 Å². The largest absolute Gasteiger partial charge is 0.398 e. The van der Waals surface area contributed by atoms with E-state index in [1.54, 1.807) is 0 Å². The molecule has 14 heavy (non-hydrogen) atoms. The van der Waals surface area contributed by atoms with E-state index in [2.05, 4.69) is 5.32 Å². The fourth-order valence-electron chi connectivity index (χ4n) is 1.00. The van der Waals surface area contributed by atoms with Crippen LogP contribution in [0.2, 0.25) is 0 Å². The molecule has 4 heteroatoms. The molecule has 0 unspecified atom stereocenters. The number of thioether (sulfide) groups is 1. The summed E-state index contributed by atoms with van der Waals surface area (Å²) < 4.78 is 0. The second kappa shape index (κ2) is 5.54. The molecule has 1 rings (SSSR count). The van der Waals surface area contributed by atoms with Gasteiger partial charge in [-0.15, -0.1) is 11.8 Å². The van der Waals surface area contributed by atoms with Crippen molar-refractivity contribution in [2.75, 3.05) is 18.0 Å². The maximum atomic E-state index is 11.2. The van der Waals surface area contributed by atoms with Gasteiger partial charge in [-0.2, -0.15) is 0 Å². The zero-order valence-corrected chi connectivity index (χ0v) is 8.93. The van der Waals surface area contributed by atoms with Crippen LogP contribution in [0.1, 0.15) is 6.92 Å². The maximum absolute atomic E-state index is 11.2. The summed E-state index contributed by atoms with van der Waals surface area (Å²) in [6.45, 7) is 2.57. The van der Waals surface area contributed by atoms with Crippen LogP contribution in [0.3, 0.4) is 0 Å². The van der Waals surface area contributed by atoms with E-state index in [0.717, 1.165) is 10.6 Å². The molecule has 3 N–H and O–H groups in total. The lowest BCUT2D eigenvalue weighted by molar-refractivity contribution is -0.118. The van der Waals surface area contributed by atoms with Gasteiger partial charge in [0.1, 0.15) is 0 Å². The topological polar surface area (TPSA) is 55.1 Å². The van der Waals surface area contributed by atoms with Crippen LogP contribution >= 0.6 is 11.8 Å². The van der Waals surface area contributed by atoms with Gasteiger partial charge in [-0.1, -0.05) is 12.1 Å². The Balaban J connectivity index is 2.46. The van der Waals surface area contributed by atoms with E-state index in [4.69, 9.17) is 5.73 Å². The van der Waals surface area contributed by atoms with Gasteiger partial charge in [0.2, 0.25) is 5.91 Å². The van der Waals surface area contributed by atoms with E-state index in [9.17, 15) is 4.79 Å². The zero-order chi connectivity index (χ0) is 10.4. The summed E-state index contributed by atoms with van der Waals surface area (Å²) in [4.78, 5) is 12.1. The predicted molar refractivity (Wildman–Crippen MR) is 60.3 cm³/mol. The lowest BCUT2D eigenvalue weighted by Crippen LogP contribution is -2.24. The second-order valence-corrected chi connectivity index (χ2v) is 3.80. The van der Waals surface area contributed by atoms with E-state index >= 15 is 0 Å². The summed E-state index contributed by atoms with van der Waals surface area (Å²) in [5.41, 5.74) is 6.45. The molecular formula is C10H14N2OS. The van der Waals surface area contributed by atoms with Crippen molar-refractivity contribution in [1.82, 2.24) is 5.32 Å². The molecule has 1 aromatic carbocycles. The van der Waals surface area contributed by atoms with Gasteiger partial charge >= 0.3 is 0 Å². The molecule has 0 aliphatic carbocycles. The Kier molecular flexibility index (Phi) is 4.32. The number of amides is 1. The zero-order valence-electron chi connectivity index (χ0n) is 8.12. The number of nitrogens with two attached hydrogens (primary N) is 1. The monoisotopic (exact) mass is 210 g/mol. The third-order valence-electron chi connectivity index (χ3n) is 1.65. The molecular weight excluding hydrogens is 196 g/mol. The van der Waals surface area contributed by atoms with Gasteiger partial charge in [0.25, 0.3) is 0 Å². The van der Waals surface area contributed by atoms with Gasteiger partial charge in [0, 0.05) is 17.1 Å². The lowest BCUT2D eigenvalue weighted by atomic mass is 10.3. The number of nitrogen functional groups attached to an aromatic ring is 1. The van der Waals surface area contributed by atoms with Gasteiger partial charge in [-0.3, -0.25) is 4.79 Å². The molecule has 0 saturated heterocycles. The van der Waals surface area contributed by atoms with Crippen LogP contribution in [0, 0.1) is 0 Å². The molecule has 0 aromatic heterocycles. The Labute approximate surface area is 88.1 Å².